The van der Waals surface area contributed by atoms with E-state index >= 15 is 0 Å². The molecule has 0 aliphatic heterocycles. The Morgan fingerprint density at radius 3 is 2.40 bits per heavy atom. The van der Waals surface area contributed by atoms with Gasteiger partial charge < -0.3 is 10.1 Å². The Morgan fingerprint density at radius 2 is 2.10 bits per heavy atom. The zero-order valence-electron chi connectivity index (χ0n) is 5.68. The summed E-state index contributed by atoms with van der Waals surface area (Å²) >= 11 is 5.02. The van der Waals surface area contributed by atoms with Gasteiger partial charge in [-0.3, -0.25) is 4.79 Å². The van der Waals surface area contributed by atoms with Crippen molar-refractivity contribution in [3.63, 3.8) is 0 Å². The van der Waals surface area contributed by atoms with Crippen LogP contribution in [0.3, 0.4) is 0 Å². The molecule has 0 spiro atoms. The Kier molecular flexibility index (Phi) is 3.79. The molecule has 1 atom stereocenters. The quantitative estimate of drug-likeness (QED) is 0.607. The minimum Gasteiger partial charge on any atom is -0.453 e. The van der Waals surface area contributed by atoms with Gasteiger partial charge in [-0.1, -0.05) is 0 Å². The summed E-state index contributed by atoms with van der Waals surface area (Å²) in [6.45, 7) is 1.46. The second-order valence-electron chi connectivity index (χ2n) is 1.66. The van der Waals surface area contributed by atoms with Crippen LogP contribution in [0.25, 0.3) is 0 Å². The van der Waals surface area contributed by atoms with Gasteiger partial charge in [-0.25, -0.2) is 4.79 Å². The third kappa shape index (κ3) is 3.29. The van der Waals surface area contributed by atoms with Gasteiger partial charge in [0.2, 0.25) is 5.24 Å². The average molecular weight is 166 g/mol. The standard InChI is InChI=1S/C5H8ClNO3/c1-3(4(6)8)7-5(9)10-2/h3H,1-2H3,(H,7,9)/t3-/m1/s1. The molecular formula is C5H8ClNO3. The van der Waals surface area contributed by atoms with Crippen LogP contribution in [0.1, 0.15) is 6.92 Å². The van der Waals surface area contributed by atoms with E-state index < -0.39 is 17.4 Å². The molecule has 0 aliphatic rings. The Labute approximate surface area is 63.5 Å². The van der Waals surface area contributed by atoms with Crippen molar-refractivity contribution < 1.29 is 14.3 Å². The monoisotopic (exact) mass is 165 g/mol. The smallest absolute Gasteiger partial charge is 0.407 e. The van der Waals surface area contributed by atoms with E-state index in [1.54, 1.807) is 0 Å². The molecule has 0 heterocycles. The van der Waals surface area contributed by atoms with Crippen molar-refractivity contribution in [2.24, 2.45) is 0 Å². The number of carbonyl (C=O) groups is 2. The van der Waals surface area contributed by atoms with E-state index in [4.69, 9.17) is 11.6 Å². The first kappa shape index (κ1) is 9.23. The number of ether oxygens (including phenoxy) is 1. The van der Waals surface area contributed by atoms with E-state index in [0.29, 0.717) is 0 Å². The van der Waals surface area contributed by atoms with Gasteiger partial charge in [-0.15, -0.1) is 0 Å². The van der Waals surface area contributed by atoms with Crippen molar-refractivity contribution in [3.8, 4) is 0 Å². The van der Waals surface area contributed by atoms with Gasteiger partial charge in [-0.2, -0.15) is 0 Å². The lowest BCUT2D eigenvalue weighted by Crippen LogP contribution is -2.36. The number of amides is 1. The van der Waals surface area contributed by atoms with Crippen molar-refractivity contribution in [2.75, 3.05) is 7.11 Å². The fraction of sp³-hybridized carbons (Fsp3) is 0.600. The van der Waals surface area contributed by atoms with E-state index in [1.807, 2.05) is 0 Å². The molecule has 10 heavy (non-hydrogen) atoms. The average Bonchev–Trinajstić information content (AvgIpc) is 1.87. The summed E-state index contributed by atoms with van der Waals surface area (Å²) in [5, 5.41) is 1.57. The number of nitrogens with one attached hydrogen (secondary N) is 1. The molecule has 4 nitrogen and oxygen atoms in total. The fourth-order valence-electron chi connectivity index (χ4n) is 0.292. The van der Waals surface area contributed by atoms with Crippen molar-refractivity contribution in [1.82, 2.24) is 5.32 Å². The topological polar surface area (TPSA) is 55.4 Å². The van der Waals surface area contributed by atoms with Crippen molar-refractivity contribution in [3.05, 3.63) is 0 Å². The molecule has 0 radical (unpaired) electrons. The van der Waals surface area contributed by atoms with Crippen LogP contribution in [0.4, 0.5) is 4.79 Å². The van der Waals surface area contributed by atoms with E-state index in [2.05, 4.69) is 10.1 Å². The Balaban J connectivity index is 3.68. The highest BCUT2D eigenvalue weighted by molar-refractivity contribution is 6.64. The van der Waals surface area contributed by atoms with Crippen molar-refractivity contribution >= 4 is 22.9 Å². The van der Waals surface area contributed by atoms with Gasteiger partial charge in [0.05, 0.1) is 7.11 Å². The van der Waals surface area contributed by atoms with Gasteiger partial charge in [0.25, 0.3) is 0 Å². The van der Waals surface area contributed by atoms with Crippen LogP contribution >= 0.6 is 11.6 Å². The summed E-state index contributed by atoms with van der Waals surface area (Å²) in [7, 11) is 1.21. The first-order valence-electron chi connectivity index (χ1n) is 2.61. The maximum absolute atomic E-state index is 10.4. The summed E-state index contributed by atoms with van der Waals surface area (Å²) in [5.74, 6) is 0. The van der Waals surface area contributed by atoms with Crippen LogP contribution in [-0.4, -0.2) is 24.5 Å². The third-order valence-corrected chi connectivity index (χ3v) is 1.19. The lowest BCUT2D eigenvalue weighted by atomic mass is 10.4. The molecule has 1 amide bonds. The molecule has 0 aromatic heterocycles. The van der Waals surface area contributed by atoms with E-state index in [1.165, 1.54) is 14.0 Å². The number of rotatable bonds is 2. The maximum Gasteiger partial charge on any atom is 0.407 e. The van der Waals surface area contributed by atoms with Gasteiger partial charge >= 0.3 is 6.09 Å². The minimum absolute atomic E-state index is 0.620. The summed E-state index contributed by atoms with van der Waals surface area (Å²) in [6, 6.07) is -0.700. The van der Waals surface area contributed by atoms with Gasteiger partial charge in [0.1, 0.15) is 6.04 Å². The summed E-state index contributed by atoms with van der Waals surface area (Å²) in [5.41, 5.74) is 0. The SMILES string of the molecule is COC(=O)N[C@H](C)C(=O)Cl. The van der Waals surface area contributed by atoms with Crippen LogP contribution in [-0.2, 0) is 9.53 Å². The third-order valence-electron chi connectivity index (χ3n) is 0.860. The molecule has 0 aliphatic carbocycles. The predicted molar refractivity (Wildman–Crippen MR) is 35.9 cm³/mol. The van der Waals surface area contributed by atoms with Gasteiger partial charge in [0.15, 0.2) is 0 Å². The molecule has 5 heteroatoms. The number of hydrogen-bond donors (Lipinski definition) is 1. The fourth-order valence-corrected chi connectivity index (χ4v) is 0.347. The zero-order chi connectivity index (χ0) is 8.15. The molecule has 0 saturated heterocycles. The summed E-state index contributed by atoms with van der Waals surface area (Å²) in [4.78, 5) is 20.7. The second kappa shape index (κ2) is 4.11. The molecule has 0 bridgehead atoms. The Bertz CT molecular complexity index is 148. The number of hydrogen-bond acceptors (Lipinski definition) is 3. The van der Waals surface area contributed by atoms with Crippen molar-refractivity contribution in [2.45, 2.75) is 13.0 Å². The lowest BCUT2D eigenvalue weighted by molar-refractivity contribution is -0.113. The van der Waals surface area contributed by atoms with Crippen LogP contribution in [0.2, 0.25) is 0 Å². The summed E-state index contributed by atoms with van der Waals surface area (Å²) in [6.07, 6.45) is -0.665. The first-order chi connectivity index (χ1) is 4.57. The summed E-state index contributed by atoms with van der Waals surface area (Å²) < 4.78 is 4.21. The minimum atomic E-state index is -0.700. The molecule has 0 aromatic rings. The molecule has 0 aromatic carbocycles. The maximum atomic E-state index is 10.4. The van der Waals surface area contributed by atoms with Crippen molar-refractivity contribution in [1.29, 1.82) is 0 Å². The Hall–Kier alpha value is -0.770. The normalized spacial score (nSPS) is 11.9. The molecule has 58 valence electrons. The molecule has 0 unspecified atom stereocenters. The van der Waals surface area contributed by atoms with E-state index in [0.717, 1.165) is 0 Å². The molecule has 0 rings (SSSR count). The zero-order valence-corrected chi connectivity index (χ0v) is 6.44. The number of alkyl carbamates (subject to hydrolysis) is 1. The Morgan fingerprint density at radius 1 is 1.60 bits per heavy atom. The van der Waals surface area contributed by atoms with Crippen LogP contribution in [0, 0.1) is 0 Å². The molecular weight excluding hydrogens is 158 g/mol. The lowest BCUT2D eigenvalue weighted by Gasteiger charge is -2.06. The molecule has 0 saturated carbocycles. The molecule has 1 N–H and O–H groups in total. The van der Waals surface area contributed by atoms with Gasteiger partial charge in [0, 0.05) is 0 Å². The van der Waals surface area contributed by atoms with Gasteiger partial charge in [-0.05, 0) is 18.5 Å². The highest BCUT2D eigenvalue weighted by Crippen LogP contribution is 1.89. The first-order valence-corrected chi connectivity index (χ1v) is 2.99. The largest absolute Gasteiger partial charge is 0.453 e. The number of halogens is 1. The number of methoxy groups -OCH3 is 1. The van der Waals surface area contributed by atoms with E-state index in [-0.39, 0.29) is 0 Å². The van der Waals surface area contributed by atoms with Crippen LogP contribution < -0.4 is 5.32 Å². The number of carbonyl (C=O) groups excluding carboxylic acids is 2. The highest BCUT2D eigenvalue weighted by atomic mass is 35.5. The van der Waals surface area contributed by atoms with Crippen LogP contribution in [0.15, 0.2) is 0 Å². The van der Waals surface area contributed by atoms with Crippen LogP contribution in [0.5, 0.6) is 0 Å². The van der Waals surface area contributed by atoms with E-state index in [9.17, 15) is 9.59 Å². The predicted octanol–water partition coefficient (Wildman–Crippen LogP) is 0.496. The second-order valence-corrected chi connectivity index (χ2v) is 2.03. The highest BCUT2D eigenvalue weighted by Gasteiger charge is 2.11. The molecule has 0 fully saturated rings.